The Kier molecular flexibility index (Phi) is 6.91. The fraction of sp³-hybridized carbons (Fsp3) is 0.278. The molecule has 3 nitrogen and oxygen atoms in total. The molecule has 5 heteroatoms. The molecular formula is C18H19BrClN3. The quantitative estimate of drug-likeness (QED) is 0.720. The first-order valence-electron chi connectivity index (χ1n) is 7.44. The van der Waals surface area contributed by atoms with Gasteiger partial charge in [0.2, 0.25) is 0 Å². The number of likely N-dealkylation sites (N-methyl/N-ethyl adjacent to an activating group) is 1. The molecule has 3 rings (SSSR count). The molecule has 0 aliphatic carbocycles. The van der Waals surface area contributed by atoms with Gasteiger partial charge in [-0.3, -0.25) is 0 Å². The summed E-state index contributed by atoms with van der Waals surface area (Å²) in [6.45, 7) is 4.10. The van der Waals surface area contributed by atoms with Gasteiger partial charge in [0.05, 0.1) is 11.3 Å². The number of benzene rings is 2. The van der Waals surface area contributed by atoms with Crippen molar-refractivity contribution in [3.8, 4) is 6.07 Å². The minimum absolute atomic E-state index is 0.749. The third-order valence-electron chi connectivity index (χ3n) is 3.66. The lowest BCUT2D eigenvalue weighted by Crippen LogP contribution is -2.44. The zero-order chi connectivity index (χ0) is 16.7. The fourth-order valence-electron chi connectivity index (χ4n) is 2.34. The molecule has 1 heterocycles. The van der Waals surface area contributed by atoms with Gasteiger partial charge in [-0.2, -0.15) is 5.26 Å². The summed E-state index contributed by atoms with van der Waals surface area (Å²) >= 11 is 8.93. The van der Waals surface area contributed by atoms with Gasteiger partial charge in [-0.1, -0.05) is 45.7 Å². The van der Waals surface area contributed by atoms with Gasteiger partial charge in [0, 0.05) is 35.7 Å². The molecule has 0 bridgehead atoms. The molecular weight excluding hydrogens is 374 g/mol. The number of piperazine rings is 1. The predicted molar refractivity (Wildman–Crippen MR) is 100 cm³/mol. The van der Waals surface area contributed by atoms with Crippen molar-refractivity contribution < 1.29 is 0 Å². The first kappa shape index (κ1) is 17.8. The van der Waals surface area contributed by atoms with Crippen LogP contribution in [0.1, 0.15) is 5.56 Å². The largest absolute Gasteiger partial charge is 0.368 e. The maximum Gasteiger partial charge on any atom is 0.101 e. The topological polar surface area (TPSA) is 30.3 Å². The number of nitrogens with zero attached hydrogens (tertiary/aromatic N) is 3. The van der Waals surface area contributed by atoms with Crippen LogP contribution >= 0.6 is 27.5 Å². The van der Waals surface area contributed by atoms with Gasteiger partial charge in [0.25, 0.3) is 0 Å². The van der Waals surface area contributed by atoms with E-state index in [4.69, 9.17) is 16.9 Å². The van der Waals surface area contributed by atoms with E-state index in [0.29, 0.717) is 0 Å². The van der Waals surface area contributed by atoms with Crippen molar-refractivity contribution in [1.29, 1.82) is 5.26 Å². The average molecular weight is 393 g/mol. The molecule has 0 saturated carbocycles. The first-order valence-corrected chi connectivity index (χ1v) is 8.61. The molecule has 1 aliphatic heterocycles. The van der Waals surface area contributed by atoms with Crippen molar-refractivity contribution >= 4 is 33.2 Å². The van der Waals surface area contributed by atoms with Crippen LogP contribution in [-0.4, -0.2) is 38.1 Å². The Morgan fingerprint density at radius 3 is 2.22 bits per heavy atom. The number of rotatable bonds is 1. The fourth-order valence-corrected chi connectivity index (χ4v) is 2.84. The summed E-state index contributed by atoms with van der Waals surface area (Å²) in [7, 11) is 2.13. The number of hydrogen-bond donors (Lipinski definition) is 0. The molecule has 0 atom stereocenters. The van der Waals surface area contributed by atoms with Crippen LogP contribution in [0.5, 0.6) is 0 Å². The Bertz CT molecular complexity index is 662. The minimum Gasteiger partial charge on any atom is -0.368 e. The smallest absolute Gasteiger partial charge is 0.101 e. The van der Waals surface area contributed by atoms with Gasteiger partial charge in [-0.25, -0.2) is 0 Å². The summed E-state index contributed by atoms with van der Waals surface area (Å²) < 4.78 is 0.960. The van der Waals surface area contributed by atoms with Crippen LogP contribution in [0.2, 0.25) is 5.02 Å². The summed E-state index contributed by atoms with van der Waals surface area (Å²) in [4.78, 5) is 4.59. The van der Waals surface area contributed by atoms with Crippen LogP contribution < -0.4 is 4.90 Å². The molecule has 120 valence electrons. The van der Waals surface area contributed by atoms with E-state index in [1.807, 2.05) is 48.5 Å². The van der Waals surface area contributed by atoms with Crippen LogP contribution in [0, 0.1) is 11.3 Å². The van der Waals surface area contributed by atoms with Crippen molar-refractivity contribution in [3.05, 3.63) is 63.6 Å². The second-order valence-corrected chi connectivity index (χ2v) is 6.71. The van der Waals surface area contributed by atoms with E-state index in [2.05, 4.69) is 38.8 Å². The predicted octanol–water partition coefficient (Wildman–Crippen LogP) is 4.41. The average Bonchev–Trinajstić information content (AvgIpc) is 2.57. The van der Waals surface area contributed by atoms with Gasteiger partial charge < -0.3 is 9.80 Å². The highest BCUT2D eigenvalue weighted by atomic mass is 79.9. The summed E-state index contributed by atoms with van der Waals surface area (Å²) in [5, 5.41) is 9.91. The van der Waals surface area contributed by atoms with E-state index in [1.165, 1.54) is 0 Å². The van der Waals surface area contributed by atoms with Gasteiger partial charge in [0.1, 0.15) is 6.07 Å². The molecule has 2 aromatic carbocycles. The minimum atomic E-state index is 0.749. The Balaban J connectivity index is 0.000000229. The van der Waals surface area contributed by atoms with Crippen LogP contribution in [0.15, 0.2) is 53.0 Å². The van der Waals surface area contributed by atoms with Gasteiger partial charge in [0.15, 0.2) is 0 Å². The van der Waals surface area contributed by atoms with E-state index in [1.54, 1.807) is 0 Å². The molecule has 0 unspecified atom stereocenters. The van der Waals surface area contributed by atoms with E-state index in [-0.39, 0.29) is 0 Å². The van der Waals surface area contributed by atoms with Gasteiger partial charge in [-0.05, 0) is 37.4 Å². The first-order chi connectivity index (χ1) is 11.1. The van der Waals surface area contributed by atoms with E-state index in [9.17, 15) is 0 Å². The number of nitriles is 1. The third kappa shape index (κ3) is 5.54. The molecule has 23 heavy (non-hydrogen) atoms. The second kappa shape index (κ2) is 8.93. The molecule has 0 amide bonds. The van der Waals surface area contributed by atoms with Crippen molar-refractivity contribution in [2.75, 3.05) is 38.1 Å². The van der Waals surface area contributed by atoms with E-state index in [0.717, 1.165) is 46.9 Å². The molecule has 1 saturated heterocycles. The highest BCUT2D eigenvalue weighted by Gasteiger charge is 2.16. The number of anilines is 1. The Hall–Kier alpha value is -1.54. The molecule has 2 aromatic rings. The molecule has 0 aromatic heterocycles. The zero-order valence-corrected chi connectivity index (χ0v) is 15.4. The van der Waals surface area contributed by atoms with E-state index < -0.39 is 0 Å². The van der Waals surface area contributed by atoms with Crippen molar-refractivity contribution in [3.63, 3.8) is 0 Å². The molecule has 0 radical (unpaired) electrons. The Morgan fingerprint density at radius 2 is 1.70 bits per heavy atom. The summed E-state index contributed by atoms with van der Waals surface area (Å²) in [5.74, 6) is 0. The molecule has 0 spiro atoms. The third-order valence-corrected chi connectivity index (χ3v) is 4.40. The zero-order valence-electron chi connectivity index (χ0n) is 13.0. The summed E-state index contributed by atoms with van der Waals surface area (Å²) in [5.41, 5.74) is 1.80. The Labute approximate surface area is 151 Å². The van der Waals surface area contributed by atoms with Crippen LogP contribution in [0.25, 0.3) is 0 Å². The normalized spacial score (nSPS) is 14.6. The van der Waals surface area contributed by atoms with Crippen LogP contribution in [-0.2, 0) is 0 Å². The van der Waals surface area contributed by atoms with Crippen molar-refractivity contribution in [2.24, 2.45) is 0 Å². The van der Waals surface area contributed by atoms with Crippen LogP contribution in [0.3, 0.4) is 0 Å². The number of hydrogen-bond acceptors (Lipinski definition) is 3. The maximum atomic E-state index is 9.12. The summed E-state index contributed by atoms with van der Waals surface area (Å²) in [6, 6.07) is 17.6. The molecule has 1 fully saturated rings. The van der Waals surface area contributed by atoms with E-state index >= 15 is 0 Å². The molecule has 1 aliphatic rings. The summed E-state index contributed by atoms with van der Waals surface area (Å²) in [6.07, 6.45) is 0. The molecule has 0 N–H and O–H groups in total. The van der Waals surface area contributed by atoms with Gasteiger partial charge >= 0.3 is 0 Å². The highest BCUT2D eigenvalue weighted by Crippen LogP contribution is 2.24. The lowest BCUT2D eigenvalue weighted by atomic mass is 10.1. The maximum absolute atomic E-state index is 9.12. The number of halogens is 2. The Morgan fingerprint density at radius 1 is 1.04 bits per heavy atom. The van der Waals surface area contributed by atoms with Gasteiger partial charge in [-0.15, -0.1) is 0 Å². The standard InChI is InChI=1S/C12H14BrN3.C6H5Cl/c1-15-4-6-16(7-5-15)12-3-2-11(13)8-10(12)9-14;7-6-4-2-1-3-5-6/h2-3,8H,4-7H2,1H3;1-5H. The second-order valence-electron chi connectivity index (χ2n) is 5.36. The SMILES string of the molecule is CN1CCN(c2ccc(Br)cc2C#N)CC1.Clc1ccccc1. The highest BCUT2D eigenvalue weighted by molar-refractivity contribution is 9.10. The van der Waals surface area contributed by atoms with Crippen molar-refractivity contribution in [2.45, 2.75) is 0 Å². The van der Waals surface area contributed by atoms with Crippen LogP contribution in [0.4, 0.5) is 5.69 Å². The lowest BCUT2D eigenvalue weighted by Gasteiger charge is -2.34. The van der Waals surface area contributed by atoms with Crippen molar-refractivity contribution in [1.82, 2.24) is 4.90 Å². The lowest BCUT2D eigenvalue weighted by molar-refractivity contribution is 0.313. The monoisotopic (exact) mass is 391 g/mol.